The molecule has 1 aromatic rings. The van der Waals surface area contributed by atoms with Crippen LogP contribution in [0.1, 0.15) is 19.4 Å². The quantitative estimate of drug-likeness (QED) is 0.529. The van der Waals surface area contributed by atoms with Gasteiger partial charge in [-0.3, -0.25) is 0 Å². The maximum atomic E-state index is 2.48. The molecule has 0 fully saturated rings. The first-order valence-corrected chi connectivity index (χ1v) is 6.38. The molecule has 0 aliphatic rings. The van der Waals surface area contributed by atoms with Gasteiger partial charge in [0.2, 0.25) is 0 Å². The van der Waals surface area contributed by atoms with E-state index in [0.717, 1.165) is 0 Å². The molecule has 0 spiro atoms. The van der Waals surface area contributed by atoms with Crippen molar-refractivity contribution in [1.82, 2.24) is 0 Å². The lowest BCUT2D eigenvalue weighted by Gasteiger charge is -2.27. The molecular formula is C10H12I2. The first-order valence-electron chi connectivity index (χ1n) is 3.89. The maximum absolute atomic E-state index is 2.48. The maximum Gasteiger partial charge on any atom is 0.0717 e. The van der Waals surface area contributed by atoms with E-state index >= 15 is 0 Å². The molecular weight excluding hydrogens is 374 g/mol. The van der Waals surface area contributed by atoms with Crippen LogP contribution >= 0.6 is 45.2 Å². The third kappa shape index (κ3) is 2.34. The highest BCUT2D eigenvalue weighted by molar-refractivity contribution is 14.2. The van der Waals surface area contributed by atoms with Crippen LogP contribution in [0.3, 0.4) is 0 Å². The summed E-state index contributed by atoms with van der Waals surface area (Å²) in [6, 6.07) is 10.7. The predicted octanol–water partition coefficient (Wildman–Crippen LogP) is 4.16. The normalized spacial score (nSPS) is 12.1. The van der Waals surface area contributed by atoms with Gasteiger partial charge in [0.1, 0.15) is 0 Å². The van der Waals surface area contributed by atoms with Crippen molar-refractivity contribution in [3.8, 4) is 0 Å². The predicted molar refractivity (Wildman–Crippen MR) is 71.3 cm³/mol. The summed E-state index contributed by atoms with van der Waals surface area (Å²) in [5.74, 6) is 0. The Hall–Kier alpha value is 0.680. The minimum atomic E-state index is 0.266. The van der Waals surface area contributed by atoms with E-state index in [0.29, 0.717) is 1.93 Å². The molecule has 0 N–H and O–H groups in total. The summed E-state index contributed by atoms with van der Waals surface area (Å²) in [6.45, 7) is 4.57. The molecule has 2 heteroatoms. The molecule has 1 rings (SSSR count). The van der Waals surface area contributed by atoms with E-state index in [4.69, 9.17) is 0 Å². The molecule has 0 heterocycles. The zero-order chi connectivity index (χ0) is 9.19. The Morgan fingerprint density at radius 3 is 2.00 bits per heavy atom. The van der Waals surface area contributed by atoms with Crippen LogP contribution in [0.15, 0.2) is 30.3 Å². The third-order valence-electron chi connectivity index (χ3n) is 2.06. The Labute approximate surface area is 101 Å². The number of alkyl halides is 2. The molecule has 0 nitrogen and oxygen atoms in total. The molecule has 0 saturated carbocycles. The fourth-order valence-electron chi connectivity index (χ4n) is 0.994. The Bertz CT molecular complexity index is 239. The molecule has 1 aromatic carbocycles. The number of rotatable bonds is 2. The fraction of sp³-hybridized carbons (Fsp3) is 0.400. The van der Waals surface area contributed by atoms with Crippen molar-refractivity contribution in [2.45, 2.75) is 21.2 Å². The summed E-state index contributed by atoms with van der Waals surface area (Å²) in [6.07, 6.45) is 0. The molecule has 0 aromatic heterocycles. The van der Waals surface area contributed by atoms with E-state index in [1.54, 1.807) is 0 Å². The average Bonchev–Trinajstić information content (AvgIpc) is 2.06. The van der Waals surface area contributed by atoms with E-state index < -0.39 is 0 Å². The Balaban J connectivity index is 2.98. The van der Waals surface area contributed by atoms with Gasteiger partial charge in [0.05, 0.1) is 1.93 Å². The average molecular weight is 386 g/mol. The molecule has 0 radical (unpaired) electrons. The van der Waals surface area contributed by atoms with Gasteiger partial charge in [-0.25, -0.2) is 0 Å². The van der Waals surface area contributed by atoms with Gasteiger partial charge in [-0.1, -0.05) is 89.4 Å². The summed E-state index contributed by atoms with van der Waals surface area (Å²) >= 11 is 4.95. The number of hydrogen-bond donors (Lipinski definition) is 0. The summed E-state index contributed by atoms with van der Waals surface area (Å²) < 4.78 is 0.620. The minimum Gasteiger partial charge on any atom is -0.0700 e. The van der Waals surface area contributed by atoms with Crippen LogP contribution < -0.4 is 0 Å². The summed E-state index contributed by atoms with van der Waals surface area (Å²) in [5.41, 5.74) is 1.68. The fourth-order valence-corrected chi connectivity index (χ4v) is 1.71. The van der Waals surface area contributed by atoms with Gasteiger partial charge in [-0.05, 0) is 5.56 Å². The summed E-state index contributed by atoms with van der Waals surface area (Å²) in [7, 11) is 0. The molecule has 0 aliphatic carbocycles. The van der Waals surface area contributed by atoms with Crippen LogP contribution in [-0.2, 0) is 5.41 Å². The molecule has 0 aliphatic heterocycles. The van der Waals surface area contributed by atoms with Crippen molar-refractivity contribution in [2.75, 3.05) is 0 Å². The molecule has 0 saturated heterocycles. The van der Waals surface area contributed by atoms with Crippen LogP contribution in [0.5, 0.6) is 0 Å². The minimum absolute atomic E-state index is 0.266. The molecule has 66 valence electrons. The molecule has 0 unspecified atom stereocenters. The van der Waals surface area contributed by atoms with Gasteiger partial charge < -0.3 is 0 Å². The highest BCUT2D eigenvalue weighted by atomic mass is 127. The van der Waals surface area contributed by atoms with Gasteiger partial charge in [-0.2, -0.15) is 0 Å². The van der Waals surface area contributed by atoms with Gasteiger partial charge in [0.15, 0.2) is 0 Å². The molecule has 0 amide bonds. The van der Waals surface area contributed by atoms with Crippen molar-refractivity contribution in [3.63, 3.8) is 0 Å². The van der Waals surface area contributed by atoms with Crippen molar-refractivity contribution < 1.29 is 0 Å². The first kappa shape index (κ1) is 10.8. The van der Waals surface area contributed by atoms with Crippen LogP contribution in [0.2, 0.25) is 0 Å². The number of halogens is 2. The summed E-state index contributed by atoms with van der Waals surface area (Å²) in [5, 5.41) is 0. The lowest BCUT2D eigenvalue weighted by atomic mass is 9.87. The second-order valence-electron chi connectivity index (χ2n) is 3.39. The molecule has 12 heavy (non-hydrogen) atoms. The van der Waals surface area contributed by atoms with E-state index in [-0.39, 0.29) is 5.41 Å². The van der Waals surface area contributed by atoms with E-state index in [2.05, 4.69) is 89.4 Å². The smallest absolute Gasteiger partial charge is 0.0700 e. The van der Waals surface area contributed by atoms with Gasteiger partial charge in [0, 0.05) is 5.41 Å². The van der Waals surface area contributed by atoms with Crippen LogP contribution in [0.25, 0.3) is 0 Å². The summed E-state index contributed by atoms with van der Waals surface area (Å²) in [4.78, 5) is 0. The van der Waals surface area contributed by atoms with Crippen molar-refractivity contribution in [1.29, 1.82) is 0 Å². The Morgan fingerprint density at radius 2 is 1.58 bits per heavy atom. The Morgan fingerprint density at radius 1 is 1.08 bits per heavy atom. The topological polar surface area (TPSA) is 0 Å². The van der Waals surface area contributed by atoms with Crippen molar-refractivity contribution in [3.05, 3.63) is 35.9 Å². The van der Waals surface area contributed by atoms with Gasteiger partial charge >= 0.3 is 0 Å². The van der Waals surface area contributed by atoms with Crippen LogP contribution in [-0.4, -0.2) is 1.93 Å². The van der Waals surface area contributed by atoms with E-state index in [1.165, 1.54) is 5.56 Å². The SMILES string of the molecule is CC(C)(c1ccccc1)C(I)I. The number of hydrogen-bond acceptors (Lipinski definition) is 0. The van der Waals surface area contributed by atoms with E-state index in [1.807, 2.05) is 0 Å². The van der Waals surface area contributed by atoms with Gasteiger partial charge in [0.25, 0.3) is 0 Å². The zero-order valence-electron chi connectivity index (χ0n) is 7.22. The second-order valence-corrected chi connectivity index (χ2v) is 8.26. The highest BCUT2D eigenvalue weighted by Gasteiger charge is 2.26. The standard InChI is InChI=1S/C10H12I2/c1-10(2,9(11)12)8-6-4-3-5-7-8/h3-7,9H,1-2H3. The molecule has 0 atom stereocenters. The largest absolute Gasteiger partial charge is 0.0717 e. The van der Waals surface area contributed by atoms with Crippen LogP contribution in [0.4, 0.5) is 0 Å². The monoisotopic (exact) mass is 386 g/mol. The van der Waals surface area contributed by atoms with Crippen molar-refractivity contribution in [2.24, 2.45) is 0 Å². The zero-order valence-corrected chi connectivity index (χ0v) is 11.5. The lowest BCUT2D eigenvalue weighted by molar-refractivity contribution is 0.600. The second kappa shape index (κ2) is 4.26. The highest BCUT2D eigenvalue weighted by Crippen LogP contribution is 2.35. The van der Waals surface area contributed by atoms with Crippen molar-refractivity contribution >= 4 is 45.2 Å². The van der Waals surface area contributed by atoms with E-state index in [9.17, 15) is 0 Å². The molecule has 0 bridgehead atoms. The first-order chi connectivity index (χ1) is 5.55. The van der Waals surface area contributed by atoms with Gasteiger partial charge in [-0.15, -0.1) is 0 Å². The third-order valence-corrected chi connectivity index (χ3v) is 5.18. The lowest BCUT2D eigenvalue weighted by Crippen LogP contribution is -2.24. The van der Waals surface area contributed by atoms with Crippen LogP contribution in [0, 0.1) is 0 Å². The Kier molecular flexibility index (Phi) is 3.82. The number of benzene rings is 1.